The van der Waals surface area contributed by atoms with Crippen LogP contribution in [0, 0.1) is 8.99 Å². The molecule has 0 spiro atoms. The van der Waals surface area contributed by atoms with Gasteiger partial charge in [0.25, 0.3) is 0 Å². The summed E-state index contributed by atoms with van der Waals surface area (Å²) in [7, 11) is 1.71. The van der Waals surface area contributed by atoms with E-state index in [9.17, 15) is 0 Å². The molecule has 4 heteroatoms. The minimum absolute atomic E-state index is 0.0942. The maximum atomic E-state index is 6.23. The molecule has 0 saturated heterocycles. The SMILES string of the molecule is COC(/C(=C/c1cccnc1)Oc1ccccc1I)C(C)(C)C. The van der Waals surface area contributed by atoms with Crippen LogP contribution in [0.15, 0.2) is 54.6 Å². The van der Waals surface area contributed by atoms with Crippen LogP contribution in [0.2, 0.25) is 0 Å². The summed E-state index contributed by atoms with van der Waals surface area (Å²) in [4.78, 5) is 4.17. The summed E-state index contributed by atoms with van der Waals surface area (Å²) in [5.74, 6) is 1.60. The average molecular weight is 423 g/mol. The molecule has 0 aliphatic carbocycles. The highest BCUT2D eigenvalue weighted by Gasteiger charge is 2.30. The van der Waals surface area contributed by atoms with Gasteiger partial charge in [0, 0.05) is 19.5 Å². The molecule has 1 aromatic heterocycles. The number of hydrogen-bond donors (Lipinski definition) is 0. The molecular weight excluding hydrogens is 401 g/mol. The average Bonchev–Trinajstić information content (AvgIpc) is 2.50. The van der Waals surface area contributed by atoms with Crippen molar-refractivity contribution in [2.24, 2.45) is 5.41 Å². The van der Waals surface area contributed by atoms with Crippen LogP contribution in [0.5, 0.6) is 5.75 Å². The van der Waals surface area contributed by atoms with Crippen LogP contribution in [-0.4, -0.2) is 18.2 Å². The minimum Gasteiger partial charge on any atom is -0.458 e. The van der Waals surface area contributed by atoms with Crippen LogP contribution in [-0.2, 0) is 4.74 Å². The maximum absolute atomic E-state index is 6.23. The molecule has 1 heterocycles. The molecule has 3 nitrogen and oxygen atoms in total. The third-order valence-corrected chi connectivity index (χ3v) is 4.23. The zero-order chi connectivity index (χ0) is 16.9. The molecule has 0 aliphatic heterocycles. The van der Waals surface area contributed by atoms with Crippen LogP contribution in [0.1, 0.15) is 26.3 Å². The van der Waals surface area contributed by atoms with Gasteiger partial charge in [-0.25, -0.2) is 0 Å². The van der Waals surface area contributed by atoms with E-state index in [4.69, 9.17) is 9.47 Å². The summed E-state index contributed by atoms with van der Waals surface area (Å²) in [6, 6.07) is 11.9. The predicted octanol–water partition coefficient (Wildman–Crippen LogP) is 5.17. The van der Waals surface area contributed by atoms with Crippen LogP contribution in [0.25, 0.3) is 6.08 Å². The number of methoxy groups -OCH3 is 1. The second kappa shape index (κ2) is 7.93. The monoisotopic (exact) mass is 423 g/mol. The second-order valence-corrected chi connectivity index (χ2v) is 7.51. The molecule has 0 saturated carbocycles. The van der Waals surface area contributed by atoms with Gasteiger partial charge in [-0.05, 0) is 57.8 Å². The molecule has 122 valence electrons. The summed E-state index contributed by atoms with van der Waals surface area (Å²) < 4.78 is 13.0. The van der Waals surface area contributed by atoms with Crippen molar-refractivity contribution in [1.82, 2.24) is 4.98 Å². The summed E-state index contributed by atoms with van der Waals surface area (Å²) >= 11 is 2.28. The van der Waals surface area contributed by atoms with Crippen molar-refractivity contribution in [1.29, 1.82) is 0 Å². The Morgan fingerprint density at radius 1 is 1.17 bits per heavy atom. The fourth-order valence-electron chi connectivity index (χ4n) is 2.34. The lowest BCUT2D eigenvalue weighted by Gasteiger charge is -2.31. The van der Waals surface area contributed by atoms with Crippen molar-refractivity contribution >= 4 is 28.7 Å². The molecule has 0 fully saturated rings. The number of rotatable bonds is 5. The lowest BCUT2D eigenvalue weighted by atomic mass is 9.87. The highest BCUT2D eigenvalue weighted by molar-refractivity contribution is 14.1. The van der Waals surface area contributed by atoms with Crippen LogP contribution in [0.4, 0.5) is 0 Å². The number of hydrogen-bond acceptors (Lipinski definition) is 3. The molecule has 1 aromatic carbocycles. The summed E-state index contributed by atoms with van der Waals surface area (Å²) in [5.41, 5.74) is 0.892. The van der Waals surface area contributed by atoms with E-state index in [-0.39, 0.29) is 11.5 Å². The van der Waals surface area contributed by atoms with Gasteiger partial charge in [0.05, 0.1) is 3.57 Å². The summed E-state index contributed by atoms with van der Waals surface area (Å²) in [6.45, 7) is 6.41. The molecule has 0 radical (unpaired) electrons. The van der Waals surface area contributed by atoms with E-state index in [0.29, 0.717) is 0 Å². The topological polar surface area (TPSA) is 31.4 Å². The van der Waals surface area contributed by atoms with Gasteiger partial charge < -0.3 is 9.47 Å². The van der Waals surface area contributed by atoms with Gasteiger partial charge >= 0.3 is 0 Å². The first-order valence-corrected chi connectivity index (χ1v) is 8.56. The lowest BCUT2D eigenvalue weighted by Crippen LogP contribution is -2.32. The summed E-state index contributed by atoms with van der Waals surface area (Å²) in [5, 5.41) is 0. The van der Waals surface area contributed by atoms with E-state index in [0.717, 1.165) is 20.6 Å². The second-order valence-electron chi connectivity index (χ2n) is 6.35. The van der Waals surface area contributed by atoms with E-state index < -0.39 is 0 Å². The van der Waals surface area contributed by atoms with E-state index in [1.54, 1.807) is 13.3 Å². The molecule has 1 unspecified atom stereocenters. The molecule has 23 heavy (non-hydrogen) atoms. The smallest absolute Gasteiger partial charge is 0.140 e. The third kappa shape index (κ3) is 5.04. The molecule has 0 amide bonds. The van der Waals surface area contributed by atoms with Crippen LogP contribution < -0.4 is 4.74 Å². The first-order valence-electron chi connectivity index (χ1n) is 7.48. The molecule has 0 bridgehead atoms. The predicted molar refractivity (Wildman–Crippen MR) is 102 cm³/mol. The number of nitrogens with zero attached hydrogens (tertiary/aromatic N) is 1. The van der Waals surface area contributed by atoms with E-state index >= 15 is 0 Å². The molecular formula is C19H22INO2. The Hall–Kier alpha value is -1.40. The van der Waals surface area contributed by atoms with Gasteiger partial charge in [0.15, 0.2) is 0 Å². The molecule has 0 aliphatic rings. The Labute approximate surface area is 151 Å². The van der Waals surface area contributed by atoms with Crippen LogP contribution in [0.3, 0.4) is 0 Å². The van der Waals surface area contributed by atoms with E-state index in [2.05, 4.69) is 48.3 Å². The first kappa shape index (κ1) is 17.9. The quantitative estimate of drug-likeness (QED) is 0.492. The van der Waals surface area contributed by atoms with Gasteiger partial charge in [-0.15, -0.1) is 0 Å². The highest BCUT2D eigenvalue weighted by atomic mass is 127. The van der Waals surface area contributed by atoms with Crippen LogP contribution >= 0.6 is 22.6 Å². The number of halogens is 1. The zero-order valence-electron chi connectivity index (χ0n) is 13.9. The Kier molecular flexibility index (Phi) is 6.18. The van der Waals surface area contributed by atoms with Gasteiger partial charge in [-0.2, -0.15) is 0 Å². The highest BCUT2D eigenvalue weighted by Crippen LogP contribution is 2.32. The zero-order valence-corrected chi connectivity index (χ0v) is 16.1. The normalized spacial score (nSPS) is 13.7. The van der Waals surface area contributed by atoms with E-state index in [1.165, 1.54) is 0 Å². The van der Waals surface area contributed by atoms with Gasteiger partial charge in [0.2, 0.25) is 0 Å². The lowest BCUT2D eigenvalue weighted by molar-refractivity contribution is 0.0206. The number of ether oxygens (including phenoxy) is 2. The largest absolute Gasteiger partial charge is 0.458 e. The van der Waals surface area contributed by atoms with Crippen molar-refractivity contribution in [2.45, 2.75) is 26.9 Å². The molecule has 0 N–H and O–H groups in total. The molecule has 1 atom stereocenters. The number of aromatic nitrogens is 1. The number of benzene rings is 1. The fraction of sp³-hybridized carbons (Fsp3) is 0.316. The Morgan fingerprint density at radius 2 is 1.91 bits per heavy atom. The van der Waals surface area contributed by atoms with Crippen molar-refractivity contribution in [3.63, 3.8) is 0 Å². The molecule has 2 rings (SSSR count). The number of para-hydroxylation sites is 1. The Morgan fingerprint density at radius 3 is 2.48 bits per heavy atom. The number of pyridine rings is 1. The van der Waals surface area contributed by atoms with Gasteiger partial charge in [-0.3, -0.25) is 4.98 Å². The molecule has 2 aromatic rings. The maximum Gasteiger partial charge on any atom is 0.140 e. The van der Waals surface area contributed by atoms with Crippen molar-refractivity contribution in [3.8, 4) is 5.75 Å². The van der Waals surface area contributed by atoms with Gasteiger partial charge in [0.1, 0.15) is 17.6 Å². The minimum atomic E-state index is -0.168. The fourth-order valence-corrected chi connectivity index (χ4v) is 2.83. The van der Waals surface area contributed by atoms with Crippen molar-refractivity contribution < 1.29 is 9.47 Å². The van der Waals surface area contributed by atoms with E-state index in [1.807, 2.05) is 48.7 Å². The van der Waals surface area contributed by atoms with Crippen molar-refractivity contribution in [3.05, 3.63) is 63.7 Å². The Bertz CT molecular complexity index is 663. The van der Waals surface area contributed by atoms with Crippen molar-refractivity contribution in [2.75, 3.05) is 7.11 Å². The van der Waals surface area contributed by atoms with Gasteiger partial charge in [-0.1, -0.05) is 39.0 Å². The Balaban J connectivity index is 2.43. The third-order valence-electron chi connectivity index (χ3n) is 3.34. The first-order chi connectivity index (χ1) is 10.9. The standard InChI is InChI=1S/C19H22INO2/c1-19(2,3)18(22-4)17(12-14-8-7-11-21-13-14)23-16-10-6-5-9-15(16)20/h5-13,18H,1-4H3/b17-12-. The summed E-state index contributed by atoms with van der Waals surface area (Å²) in [6.07, 6.45) is 5.40.